The van der Waals surface area contributed by atoms with E-state index in [0.29, 0.717) is 11.3 Å². The summed E-state index contributed by atoms with van der Waals surface area (Å²) in [5.41, 5.74) is 0. The van der Waals surface area contributed by atoms with Crippen LogP contribution in [-0.4, -0.2) is 18.4 Å². The number of pyridine rings is 1. The highest BCUT2D eigenvalue weighted by Crippen LogP contribution is 2.25. The average molecular weight is 220 g/mol. The van der Waals surface area contributed by atoms with Crippen LogP contribution in [0.2, 0.25) is 0 Å². The third kappa shape index (κ3) is 3.11. The van der Waals surface area contributed by atoms with E-state index in [1.165, 1.54) is 7.11 Å². The molecule has 0 aliphatic heterocycles. The largest absolute Gasteiger partial charge is 0.486 e. The zero-order valence-electron chi connectivity index (χ0n) is 8.01. The molecule has 0 saturated heterocycles. The molecule has 0 aliphatic rings. The predicted molar refractivity (Wildman–Crippen MR) is 55.8 cm³/mol. The van der Waals surface area contributed by atoms with Crippen molar-refractivity contribution in [2.75, 3.05) is 7.11 Å². The van der Waals surface area contributed by atoms with Crippen molar-refractivity contribution in [2.45, 2.75) is 5.03 Å². The molecule has 15 heavy (non-hydrogen) atoms. The van der Waals surface area contributed by atoms with Crippen LogP contribution < -0.4 is 0 Å². The van der Waals surface area contributed by atoms with Crippen LogP contribution in [-0.2, 0) is 9.53 Å². The van der Waals surface area contributed by atoms with Crippen molar-refractivity contribution in [3.05, 3.63) is 35.1 Å². The van der Waals surface area contributed by atoms with Crippen LogP contribution in [0.3, 0.4) is 0 Å². The molecule has 0 aromatic carbocycles. The lowest BCUT2D eigenvalue weighted by Crippen LogP contribution is -1.91. The molecule has 0 bridgehead atoms. The topological polar surface area (TPSA) is 63.0 Å². The highest BCUT2D eigenvalue weighted by atomic mass is 32.2. The van der Waals surface area contributed by atoms with Crippen LogP contribution >= 0.6 is 11.8 Å². The van der Waals surface area contributed by atoms with E-state index in [0.717, 1.165) is 11.8 Å². The van der Waals surface area contributed by atoms with E-state index in [9.17, 15) is 4.79 Å². The first-order valence-corrected chi connectivity index (χ1v) is 4.86. The van der Waals surface area contributed by atoms with E-state index < -0.39 is 0 Å². The summed E-state index contributed by atoms with van der Waals surface area (Å²) in [7, 11) is 1.35. The van der Waals surface area contributed by atoms with Gasteiger partial charge >= 0.3 is 0 Å². The van der Waals surface area contributed by atoms with Gasteiger partial charge in [0.15, 0.2) is 6.29 Å². The number of rotatable bonds is 4. The summed E-state index contributed by atoms with van der Waals surface area (Å²) < 4.78 is 4.76. The van der Waals surface area contributed by atoms with E-state index in [1.54, 1.807) is 30.5 Å². The van der Waals surface area contributed by atoms with Crippen LogP contribution in [0.4, 0.5) is 0 Å². The molecule has 0 unspecified atom stereocenters. The Labute approximate surface area is 91.6 Å². The van der Waals surface area contributed by atoms with Gasteiger partial charge in [-0.1, -0.05) is 17.8 Å². The van der Waals surface area contributed by atoms with E-state index in [4.69, 9.17) is 10.00 Å². The fraction of sp³-hybridized carbons (Fsp3) is 0.100. The summed E-state index contributed by atoms with van der Waals surface area (Å²) in [5, 5.41) is 9.32. The van der Waals surface area contributed by atoms with Gasteiger partial charge in [-0.3, -0.25) is 4.79 Å². The Bertz CT molecular complexity index is 409. The summed E-state index contributed by atoms with van der Waals surface area (Å²) in [4.78, 5) is 15.0. The zero-order valence-corrected chi connectivity index (χ0v) is 8.82. The molecule has 0 atom stereocenters. The van der Waals surface area contributed by atoms with E-state index >= 15 is 0 Å². The molecule has 0 aliphatic carbocycles. The van der Waals surface area contributed by atoms with E-state index in [-0.39, 0.29) is 10.7 Å². The highest BCUT2D eigenvalue weighted by Gasteiger charge is 2.08. The highest BCUT2D eigenvalue weighted by molar-refractivity contribution is 8.03. The molecule has 1 aromatic heterocycles. The normalized spacial score (nSPS) is 11.2. The van der Waals surface area contributed by atoms with Gasteiger partial charge in [-0.05, 0) is 12.1 Å². The van der Waals surface area contributed by atoms with Gasteiger partial charge in [0, 0.05) is 6.20 Å². The summed E-state index contributed by atoms with van der Waals surface area (Å²) in [6.07, 6.45) is 2.20. The molecule has 1 rings (SSSR count). The van der Waals surface area contributed by atoms with Crippen LogP contribution in [0.5, 0.6) is 0 Å². The van der Waals surface area contributed by atoms with E-state index in [1.807, 2.05) is 0 Å². The zero-order chi connectivity index (χ0) is 11.1. The number of allylic oxidation sites excluding steroid dienone is 2. The van der Waals surface area contributed by atoms with Gasteiger partial charge in [0.25, 0.3) is 0 Å². The summed E-state index contributed by atoms with van der Waals surface area (Å²) in [5.74, 6) is 0.000605. The number of carbonyl (C=O) groups excluding carboxylic acids is 1. The number of aldehydes is 1. The number of carbonyl (C=O) groups is 1. The van der Waals surface area contributed by atoms with Gasteiger partial charge in [0.2, 0.25) is 5.76 Å². The van der Waals surface area contributed by atoms with Gasteiger partial charge in [0.1, 0.15) is 16.0 Å². The number of ether oxygens (including phenoxy) is 1. The molecule has 5 heteroatoms. The van der Waals surface area contributed by atoms with Gasteiger partial charge in [-0.2, -0.15) is 5.26 Å². The van der Waals surface area contributed by atoms with Gasteiger partial charge < -0.3 is 4.74 Å². The van der Waals surface area contributed by atoms with Gasteiger partial charge in [0.05, 0.1) is 7.11 Å². The number of nitrogens with zero attached hydrogens (tertiary/aromatic N) is 2. The van der Waals surface area contributed by atoms with Crippen LogP contribution in [0, 0.1) is 11.3 Å². The molecule has 0 saturated carbocycles. The smallest absolute Gasteiger partial charge is 0.214 e. The lowest BCUT2D eigenvalue weighted by molar-refractivity contribution is -0.104. The van der Waals surface area contributed by atoms with Crippen LogP contribution in [0.1, 0.15) is 0 Å². The minimum atomic E-state index is 0.000605. The first-order chi connectivity index (χ1) is 7.31. The van der Waals surface area contributed by atoms with Crippen molar-refractivity contribution in [1.82, 2.24) is 4.98 Å². The monoisotopic (exact) mass is 220 g/mol. The first kappa shape index (κ1) is 11.3. The molecule has 0 N–H and O–H groups in total. The van der Waals surface area contributed by atoms with Crippen molar-refractivity contribution >= 4 is 18.0 Å². The van der Waals surface area contributed by atoms with Crippen molar-refractivity contribution in [1.29, 1.82) is 5.26 Å². The number of methoxy groups -OCH3 is 1. The Morgan fingerprint density at radius 2 is 2.47 bits per heavy atom. The van der Waals surface area contributed by atoms with E-state index in [2.05, 4.69) is 4.98 Å². The minimum absolute atomic E-state index is 0.000605. The lowest BCUT2D eigenvalue weighted by atomic mass is 10.5. The first-order valence-electron chi connectivity index (χ1n) is 4.04. The standard InChI is InChI=1S/C10H8N2O2S/c1-14-8(6-11)9(7-13)15-10-4-2-3-5-12-10/h2-5,7H,1H3. The maximum Gasteiger partial charge on any atom is 0.214 e. The minimum Gasteiger partial charge on any atom is -0.486 e. The van der Waals surface area contributed by atoms with Crippen LogP contribution in [0.15, 0.2) is 40.1 Å². The molecule has 0 spiro atoms. The number of thioether (sulfide) groups is 1. The Balaban J connectivity index is 2.93. The summed E-state index contributed by atoms with van der Waals surface area (Å²) in [6.45, 7) is 0. The van der Waals surface area contributed by atoms with Crippen molar-refractivity contribution in [2.24, 2.45) is 0 Å². The Hall–Kier alpha value is -1.80. The SMILES string of the molecule is COC(C#N)=C(C=O)Sc1ccccn1. The molecule has 0 amide bonds. The van der Waals surface area contributed by atoms with Gasteiger partial charge in [-0.25, -0.2) is 4.98 Å². The third-order valence-electron chi connectivity index (χ3n) is 1.49. The summed E-state index contributed by atoms with van der Waals surface area (Å²) >= 11 is 1.10. The molecule has 1 heterocycles. The predicted octanol–water partition coefficient (Wildman–Crippen LogP) is 1.75. The number of hydrogen-bond acceptors (Lipinski definition) is 5. The lowest BCUT2D eigenvalue weighted by Gasteiger charge is -2.01. The second-order valence-electron chi connectivity index (χ2n) is 2.40. The average Bonchev–Trinajstić information content (AvgIpc) is 2.30. The van der Waals surface area contributed by atoms with Crippen LogP contribution in [0.25, 0.3) is 0 Å². The quantitative estimate of drug-likeness (QED) is 0.254. The fourth-order valence-electron chi connectivity index (χ4n) is 0.845. The van der Waals surface area contributed by atoms with Crippen molar-refractivity contribution in [3.8, 4) is 6.07 Å². The summed E-state index contributed by atoms with van der Waals surface area (Å²) in [6, 6.07) is 7.13. The third-order valence-corrected chi connectivity index (χ3v) is 2.44. The molecular weight excluding hydrogens is 212 g/mol. The molecule has 76 valence electrons. The van der Waals surface area contributed by atoms with Gasteiger partial charge in [-0.15, -0.1) is 0 Å². The molecule has 4 nitrogen and oxygen atoms in total. The Kier molecular flexibility index (Phi) is 4.38. The Morgan fingerprint density at radius 1 is 1.67 bits per heavy atom. The fourth-order valence-corrected chi connectivity index (χ4v) is 1.60. The second kappa shape index (κ2) is 5.83. The molecule has 1 aromatic rings. The molecular formula is C10H8N2O2S. The molecule has 0 fully saturated rings. The number of hydrogen-bond donors (Lipinski definition) is 0. The Morgan fingerprint density at radius 3 is 2.93 bits per heavy atom. The van der Waals surface area contributed by atoms with Crippen molar-refractivity contribution < 1.29 is 9.53 Å². The van der Waals surface area contributed by atoms with Crippen molar-refractivity contribution in [3.63, 3.8) is 0 Å². The second-order valence-corrected chi connectivity index (χ2v) is 3.46. The maximum atomic E-state index is 10.7. The number of nitriles is 1. The number of aromatic nitrogens is 1. The molecule has 0 radical (unpaired) electrons. The maximum absolute atomic E-state index is 10.7.